The van der Waals surface area contributed by atoms with Gasteiger partial charge in [-0.05, 0) is 43.7 Å². The molecule has 3 rings (SSSR count). The molecular formula is C22H32N4O2. The summed E-state index contributed by atoms with van der Waals surface area (Å²) in [5.41, 5.74) is 8.28. The molecule has 152 valence electrons. The van der Waals surface area contributed by atoms with Gasteiger partial charge in [-0.1, -0.05) is 39.0 Å². The first-order valence-electron chi connectivity index (χ1n) is 10.2. The molecule has 6 heteroatoms. The number of fused-ring (bicyclic) bond motifs is 3. The molecule has 1 aromatic heterocycles. The summed E-state index contributed by atoms with van der Waals surface area (Å²) in [6.07, 6.45) is 2.96. The van der Waals surface area contributed by atoms with Gasteiger partial charge in [0.25, 0.3) is 0 Å². The van der Waals surface area contributed by atoms with E-state index in [4.69, 9.17) is 5.73 Å². The van der Waals surface area contributed by atoms with Crippen molar-refractivity contribution in [1.82, 2.24) is 15.6 Å². The van der Waals surface area contributed by atoms with E-state index >= 15 is 0 Å². The van der Waals surface area contributed by atoms with Crippen LogP contribution in [0.5, 0.6) is 0 Å². The summed E-state index contributed by atoms with van der Waals surface area (Å²) in [4.78, 5) is 28.8. The molecular weight excluding hydrogens is 352 g/mol. The first-order valence-corrected chi connectivity index (χ1v) is 10.2. The molecule has 1 aliphatic carbocycles. The lowest BCUT2D eigenvalue weighted by atomic mass is 9.78. The standard InChI is InChI=1S/C22H32N4O2/c1-5-14(4)26-22(21(28)25-19(13(2)3)20(23)27)11-10-18-16(12-22)15-8-6-7-9-17(15)24-18/h6-9,13-14,19,24,26H,5,10-12H2,1-4H3,(H2,23,27)(H,25,28)/t14?,19-,22-/m0/s1. The lowest BCUT2D eigenvalue weighted by molar-refractivity contribution is -0.133. The van der Waals surface area contributed by atoms with Gasteiger partial charge in [-0.25, -0.2) is 0 Å². The van der Waals surface area contributed by atoms with Gasteiger partial charge < -0.3 is 21.4 Å². The number of amides is 2. The van der Waals surface area contributed by atoms with Crippen molar-refractivity contribution in [2.45, 2.75) is 71.0 Å². The van der Waals surface area contributed by atoms with Crippen LogP contribution < -0.4 is 16.4 Å². The summed E-state index contributed by atoms with van der Waals surface area (Å²) in [7, 11) is 0. The van der Waals surface area contributed by atoms with Crippen LogP contribution in [0, 0.1) is 5.92 Å². The molecule has 0 spiro atoms. The second kappa shape index (κ2) is 7.95. The zero-order valence-electron chi connectivity index (χ0n) is 17.3. The third kappa shape index (κ3) is 3.78. The fourth-order valence-electron chi connectivity index (χ4n) is 4.20. The van der Waals surface area contributed by atoms with Gasteiger partial charge in [-0.3, -0.25) is 9.59 Å². The average molecular weight is 385 g/mol. The van der Waals surface area contributed by atoms with Crippen LogP contribution in [0.3, 0.4) is 0 Å². The third-order valence-electron chi connectivity index (χ3n) is 6.01. The summed E-state index contributed by atoms with van der Waals surface area (Å²) in [6, 6.07) is 7.72. The second-order valence-corrected chi connectivity index (χ2v) is 8.44. The number of H-pyrrole nitrogens is 1. The smallest absolute Gasteiger partial charge is 0.241 e. The Morgan fingerprint density at radius 2 is 1.96 bits per heavy atom. The Labute approximate surface area is 166 Å². The minimum absolute atomic E-state index is 0.0608. The fourth-order valence-corrected chi connectivity index (χ4v) is 4.20. The number of hydrogen-bond acceptors (Lipinski definition) is 3. The first kappa shape index (κ1) is 20.4. The molecule has 0 bridgehead atoms. The van der Waals surface area contributed by atoms with Crippen LogP contribution in [0.2, 0.25) is 0 Å². The molecule has 6 nitrogen and oxygen atoms in total. The van der Waals surface area contributed by atoms with Crippen molar-refractivity contribution in [3.8, 4) is 0 Å². The lowest BCUT2D eigenvalue weighted by Crippen LogP contribution is -2.64. The number of para-hydroxylation sites is 1. The quantitative estimate of drug-likeness (QED) is 0.590. The predicted molar refractivity (Wildman–Crippen MR) is 112 cm³/mol. The molecule has 0 saturated carbocycles. The summed E-state index contributed by atoms with van der Waals surface area (Å²) >= 11 is 0. The van der Waals surface area contributed by atoms with E-state index in [-0.39, 0.29) is 17.9 Å². The Hall–Kier alpha value is -2.34. The van der Waals surface area contributed by atoms with Gasteiger partial charge in [0, 0.05) is 29.1 Å². The number of nitrogens with one attached hydrogen (secondary N) is 3. The minimum atomic E-state index is -0.754. The maximum absolute atomic E-state index is 13.5. The molecule has 0 fully saturated rings. The molecule has 1 aliphatic rings. The molecule has 1 unspecified atom stereocenters. The highest BCUT2D eigenvalue weighted by Crippen LogP contribution is 2.34. The number of benzene rings is 1. The van der Waals surface area contributed by atoms with E-state index in [1.54, 1.807) is 0 Å². The molecule has 1 aromatic carbocycles. The molecule has 2 aromatic rings. The van der Waals surface area contributed by atoms with Crippen molar-refractivity contribution in [2.75, 3.05) is 0 Å². The second-order valence-electron chi connectivity index (χ2n) is 8.44. The fraction of sp³-hybridized carbons (Fsp3) is 0.545. The third-order valence-corrected chi connectivity index (χ3v) is 6.01. The van der Waals surface area contributed by atoms with Crippen molar-refractivity contribution in [1.29, 1.82) is 0 Å². The zero-order chi connectivity index (χ0) is 20.5. The van der Waals surface area contributed by atoms with E-state index in [1.807, 2.05) is 26.0 Å². The van der Waals surface area contributed by atoms with Crippen LogP contribution in [0.4, 0.5) is 0 Å². The van der Waals surface area contributed by atoms with Crippen molar-refractivity contribution < 1.29 is 9.59 Å². The van der Waals surface area contributed by atoms with Gasteiger partial charge in [0.05, 0.1) is 0 Å². The number of nitrogens with two attached hydrogens (primary N) is 1. The normalized spacial score (nSPS) is 21.3. The molecule has 5 N–H and O–H groups in total. The minimum Gasteiger partial charge on any atom is -0.368 e. The number of rotatable bonds is 7. The summed E-state index contributed by atoms with van der Waals surface area (Å²) < 4.78 is 0. The van der Waals surface area contributed by atoms with Crippen LogP contribution in [-0.2, 0) is 22.4 Å². The van der Waals surface area contributed by atoms with E-state index in [9.17, 15) is 9.59 Å². The Balaban J connectivity index is 1.97. The van der Waals surface area contributed by atoms with Crippen LogP contribution in [0.25, 0.3) is 10.9 Å². The van der Waals surface area contributed by atoms with Crippen LogP contribution in [0.1, 0.15) is 51.8 Å². The van der Waals surface area contributed by atoms with Gasteiger partial charge in [-0.2, -0.15) is 0 Å². The summed E-state index contributed by atoms with van der Waals surface area (Å²) in [5.74, 6) is -0.693. The highest BCUT2D eigenvalue weighted by molar-refractivity contribution is 5.94. The molecule has 2 amide bonds. The van der Waals surface area contributed by atoms with Gasteiger partial charge >= 0.3 is 0 Å². The zero-order valence-corrected chi connectivity index (χ0v) is 17.3. The highest BCUT2D eigenvalue weighted by Gasteiger charge is 2.44. The van der Waals surface area contributed by atoms with Crippen LogP contribution in [-0.4, -0.2) is 34.4 Å². The van der Waals surface area contributed by atoms with E-state index in [1.165, 1.54) is 11.3 Å². The lowest BCUT2D eigenvalue weighted by Gasteiger charge is -2.40. The van der Waals surface area contributed by atoms with Gasteiger partial charge in [0.15, 0.2) is 0 Å². The van der Waals surface area contributed by atoms with E-state index in [0.29, 0.717) is 12.8 Å². The number of aromatic amines is 1. The van der Waals surface area contributed by atoms with E-state index in [0.717, 1.165) is 23.7 Å². The molecule has 0 radical (unpaired) electrons. The Morgan fingerprint density at radius 3 is 2.61 bits per heavy atom. The molecule has 28 heavy (non-hydrogen) atoms. The average Bonchev–Trinajstić information content (AvgIpc) is 3.02. The number of aryl methyl sites for hydroxylation is 1. The van der Waals surface area contributed by atoms with Crippen LogP contribution >= 0.6 is 0 Å². The Kier molecular flexibility index (Phi) is 5.79. The maximum atomic E-state index is 13.5. The Morgan fingerprint density at radius 1 is 1.25 bits per heavy atom. The van der Waals surface area contributed by atoms with Crippen molar-refractivity contribution in [3.05, 3.63) is 35.5 Å². The highest BCUT2D eigenvalue weighted by atomic mass is 16.2. The number of carbonyl (C=O) groups is 2. The van der Waals surface area contributed by atoms with E-state index < -0.39 is 17.5 Å². The SMILES string of the molecule is CCC(C)N[C@@]1(C(=O)N[C@H](C(N)=O)C(C)C)CCc2[nH]c3ccccc3c2C1. The molecule has 0 aliphatic heterocycles. The summed E-state index contributed by atoms with van der Waals surface area (Å²) in [5, 5.41) is 7.69. The molecule has 3 atom stereocenters. The van der Waals surface area contributed by atoms with Crippen LogP contribution in [0.15, 0.2) is 24.3 Å². The maximum Gasteiger partial charge on any atom is 0.241 e. The topological polar surface area (TPSA) is 100 Å². The number of primary amides is 1. The van der Waals surface area contributed by atoms with Crippen molar-refractivity contribution >= 4 is 22.7 Å². The van der Waals surface area contributed by atoms with Gasteiger partial charge in [0.2, 0.25) is 11.8 Å². The van der Waals surface area contributed by atoms with Crippen molar-refractivity contribution in [3.63, 3.8) is 0 Å². The largest absolute Gasteiger partial charge is 0.368 e. The monoisotopic (exact) mass is 384 g/mol. The summed E-state index contributed by atoms with van der Waals surface area (Å²) in [6.45, 7) is 7.98. The first-order chi connectivity index (χ1) is 13.3. The van der Waals surface area contributed by atoms with E-state index in [2.05, 4.69) is 41.6 Å². The predicted octanol–water partition coefficient (Wildman–Crippen LogP) is 2.41. The molecule has 1 heterocycles. The number of aromatic nitrogens is 1. The van der Waals surface area contributed by atoms with Gasteiger partial charge in [0.1, 0.15) is 11.6 Å². The van der Waals surface area contributed by atoms with Gasteiger partial charge in [-0.15, -0.1) is 0 Å². The molecule has 0 saturated heterocycles. The Bertz CT molecular complexity index is 873. The number of carbonyl (C=O) groups excluding carboxylic acids is 2. The van der Waals surface area contributed by atoms with Crippen molar-refractivity contribution in [2.24, 2.45) is 11.7 Å². The number of hydrogen-bond donors (Lipinski definition) is 4.